The number of benzene rings is 3. The Bertz CT molecular complexity index is 1200. The number of halogens is 1. The van der Waals surface area contributed by atoms with E-state index < -0.39 is 11.9 Å². The third-order valence-corrected chi connectivity index (χ3v) is 5.77. The van der Waals surface area contributed by atoms with Crippen LogP contribution in [0.4, 0.5) is 4.39 Å². The van der Waals surface area contributed by atoms with Crippen molar-refractivity contribution in [2.45, 2.75) is 38.9 Å². The van der Waals surface area contributed by atoms with Gasteiger partial charge in [0.1, 0.15) is 18.0 Å². The number of hydrogen-bond donors (Lipinski definition) is 0. The molecule has 2 unspecified atom stereocenters. The van der Waals surface area contributed by atoms with Crippen LogP contribution in [0.25, 0.3) is 22.3 Å². The zero-order valence-electron chi connectivity index (χ0n) is 20.0. The van der Waals surface area contributed by atoms with Crippen LogP contribution < -0.4 is 0 Å². The van der Waals surface area contributed by atoms with E-state index in [9.17, 15) is 9.59 Å². The minimum absolute atomic E-state index is 0.337. The lowest BCUT2D eigenvalue weighted by molar-refractivity contribution is -0.144. The standard InChI is InChI=1S/C30H29FO4/c1-5-27(34-29(32)7-3)22-13-9-20(10-14-22)24-17-18-25(26(31)19-24)21-11-15-23(16-12-21)28(6-2)35-30(33)8-4/h7-19,27-28H,3-6H2,1-2H3. The quantitative estimate of drug-likeness (QED) is 0.226. The van der Waals surface area contributed by atoms with Crippen molar-refractivity contribution in [3.8, 4) is 22.3 Å². The SMILES string of the molecule is C=CC(=O)OC(CC)c1ccc(-c2ccc(-c3ccc(C(CC)OC(=O)C=C)cc3)c(F)c2)cc1. The van der Waals surface area contributed by atoms with Gasteiger partial charge in [-0.05, 0) is 46.7 Å². The van der Waals surface area contributed by atoms with Gasteiger partial charge in [0.15, 0.2) is 0 Å². The van der Waals surface area contributed by atoms with Crippen LogP contribution >= 0.6 is 0 Å². The van der Waals surface area contributed by atoms with Crippen molar-refractivity contribution in [2.75, 3.05) is 0 Å². The van der Waals surface area contributed by atoms with Crippen LogP contribution in [-0.4, -0.2) is 11.9 Å². The summed E-state index contributed by atoms with van der Waals surface area (Å²) in [6.07, 6.45) is 2.81. The van der Waals surface area contributed by atoms with Crippen molar-refractivity contribution in [2.24, 2.45) is 0 Å². The molecule has 3 aromatic carbocycles. The molecule has 0 fully saturated rings. The van der Waals surface area contributed by atoms with Gasteiger partial charge >= 0.3 is 11.9 Å². The summed E-state index contributed by atoms with van der Waals surface area (Å²) in [5.41, 5.74) is 4.52. The lowest BCUT2D eigenvalue weighted by Crippen LogP contribution is -2.08. The number of rotatable bonds is 10. The normalized spacial score (nSPS) is 12.3. The Labute approximate surface area is 205 Å². The average Bonchev–Trinajstić information content (AvgIpc) is 2.90. The fourth-order valence-electron chi connectivity index (χ4n) is 3.85. The summed E-state index contributed by atoms with van der Waals surface area (Å²) in [6, 6.07) is 20.0. The van der Waals surface area contributed by atoms with Crippen LogP contribution in [0.2, 0.25) is 0 Å². The molecule has 0 bridgehead atoms. The summed E-state index contributed by atoms with van der Waals surface area (Å²) < 4.78 is 25.8. The lowest BCUT2D eigenvalue weighted by Gasteiger charge is -2.16. The van der Waals surface area contributed by atoms with Crippen molar-refractivity contribution >= 4 is 11.9 Å². The fourth-order valence-corrected chi connectivity index (χ4v) is 3.85. The molecule has 0 radical (unpaired) electrons. The summed E-state index contributed by atoms with van der Waals surface area (Å²) in [6.45, 7) is 10.7. The molecule has 0 saturated carbocycles. The van der Waals surface area contributed by atoms with E-state index in [4.69, 9.17) is 9.47 Å². The van der Waals surface area contributed by atoms with Gasteiger partial charge < -0.3 is 9.47 Å². The maximum Gasteiger partial charge on any atom is 0.330 e. The molecule has 2 atom stereocenters. The number of ether oxygens (including phenoxy) is 2. The van der Waals surface area contributed by atoms with Gasteiger partial charge in [0.2, 0.25) is 0 Å². The summed E-state index contributed by atoms with van der Waals surface area (Å²) in [7, 11) is 0. The molecule has 35 heavy (non-hydrogen) atoms. The lowest BCUT2D eigenvalue weighted by atomic mass is 9.96. The molecule has 0 amide bonds. The van der Waals surface area contributed by atoms with Crippen LogP contribution in [0, 0.1) is 5.82 Å². The molecule has 5 heteroatoms. The Hall–Kier alpha value is -3.99. The van der Waals surface area contributed by atoms with Gasteiger partial charge in [0, 0.05) is 17.7 Å². The molecule has 0 aliphatic rings. The maximum atomic E-state index is 15.1. The Kier molecular flexibility index (Phi) is 8.74. The van der Waals surface area contributed by atoms with Crippen molar-refractivity contribution < 1.29 is 23.5 Å². The van der Waals surface area contributed by atoms with Gasteiger partial charge in [0.25, 0.3) is 0 Å². The number of hydrogen-bond acceptors (Lipinski definition) is 4. The van der Waals surface area contributed by atoms with E-state index in [0.29, 0.717) is 18.4 Å². The fraction of sp³-hybridized carbons (Fsp3) is 0.200. The van der Waals surface area contributed by atoms with Crippen molar-refractivity contribution in [3.05, 3.63) is 109 Å². The molecular formula is C30H29FO4. The van der Waals surface area contributed by atoms with Crippen molar-refractivity contribution in [1.82, 2.24) is 0 Å². The van der Waals surface area contributed by atoms with E-state index >= 15 is 4.39 Å². The monoisotopic (exact) mass is 472 g/mol. The third kappa shape index (κ3) is 6.33. The summed E-state index contributed by atoms with van der Waals surface area (Å²) in [5, 5.41) is 0. The van der Waals surface area contributed by atoms with Crippen molar-refractivity contribution in [3.63, 3.8) is 0 Å². The topological polar surface area (TPSA) is 52.6 Å². The highest BCUT2D eigenvalue weighted by Gasteiger charge is 2.15. The predicted molar refractivity (Wildman–Crippen MR) is 136 cm³/mol. The third-order valence-electron chi connectivity index (χ3n) is 5.77. The molecule has 0 N–H and O–H groups in total. The molecule has 4 nitrogen and oxygen atoms in total. The second-order valence-corrected chi connectivity index (χ2v) is 8.01. The second kappa shape index (κ2) is 11.9. The van der Waals surface area contributed by atoms with Gasteiger partial charge in [-0.15, -0.1) is 0 Å². The van der Waals surface area contributed by atoms with E-state index in [0.717, 1.165) is 40.0 Å². The van der Waals surface area contributed by atoms with Crippen LogP contribution in [0.1, 0.15) is 50.0 Å². The second-order valence-electron chi connectivity index (χ2n) is 8.01. The highest BCUT2D eigenvalue weighted by Crippen LogP contribution is 2.31. The molecule has 0 spiro atoms. The first-order valence-corrected chi connectivity index (χ1v) is 11.6. The highest BCUT2D eigenvalue weighted by molar-refractivity contribution is 5.82. The summed E-state index contributed by atoms with van der Waals surface area (Å²) in [5.74, 6) is -1.27. The molecule has 0 aromatic heterocycles. The predicted octanol–water partition coefficient (Wildman–Crippen LogP) is 7.52. The number of esters is 2. The van der Waals surface area contributed by atoms with Crippen LogP contribution in [0.15, 0.2) is 92.0 Å². The number of carbonyl (C=O) groups excluding carboxylic acids is 2. The average molecular weight is 473 g/mol. The molecule has 0 aliphatic heterocycles. The smallest absolute Gasteiger partial charge is 0.330 e. The van der Waals surface area contributed by atoms with Crippen molar-refractivity contribution in [1.29, 1.82) is 0 Å². The van der Waals surface area contributed by atoms with Gasteiger partial charge in [-0.3, -0.25) is 0 Å². The van der Waals surface area contributed by atoms with Gasteiger partial charge in [-0.1, -0.05) is 87.7 Å². The van der Waals surface area contributed by atoms with Crippen LogP contribution in [-0.2, 0) is 19.1 Å². The van der Waals surface area contributed by atoms with Crippen LogP contribution in [0.3, 0.4) is 0 Å². The van der Waals surface area contributed by atoms with Crippen LogP contribution in [0.5, 0.6) is 0 Å². The first kappa shape index (κ1) is 25.6. The summed E-state index contributed by atoms with van der Waals surface area (Å²) in [4.78, 5) is 23.1. The Morgan fingerprint density at radius 3 is 1.57 bits per heavy atom. The van der Waals surface area contributed by atoms with Gasteiger partial charge in [0.05, 0.1) is 0 Å². The first-order chi connectivity index (χ1) is 16.9. The Morgan fingerprint density at radius 1 is 0.743 bits per heavy atom. The first-order valence-electron chi connectivity index (χ1n) is 11.6. The molecule has 0 heterocycles. The molecular weight excluding hydrogens is 443 g/mol. The van der Waals surface area contributed by atoms with E-state index in [1.807, 2.05) is 68.4 Å². The highest BCUT2D eigenvalue weighted by atomic mass is 19.1. The van der Waals surface area contributed by atoms with E-state index in [-0.39, 0.29) is 18.0 Å². The molecule has 180 valence electrons. The minimum Gasteiger partial charge on any atom is -0.454 e. The van der Waals surface area contributed by atoms with E-state index in [1.54, 1.807) is 6.07 Å². The number of carbonyl (C=O) groups is 2. The minimum atomic E-state index is -0.474. The maximum absolute atomic E-state index is 15.1. The largest absolute Gasteiger partial charge is 0.454 e. The van der Waals surface area contributed by atoms with E-state index in [1.165, 1.54) is 6.07 Å². The molecule has 3 rings (SSSR count). The Morgan fingerprint density at radius 2 is 1.17 bits per heavy atom. The molecule has 0 saturated heterocycles. The zero-order valence-corrected chi connectivity index (χ0v) is 20.0. The van der Waals surface area contributed by atoms with Gasteiger partial charge in [-0.25, -0.2) is 14.0 Å². The molecule has 0 aliphatic carbocycles. The molecule has 3 aromatic rings. The van der Waals surface area contributed by atoms with E-state index in [2.05, 4.69) is 13.2 Å². The summed E-state index contributed by atoms with van der Waals surface area (Å²) >= 11 is 0. The van der Waals surface area contributed by atoms with Gasteiger partial charge in [-0.2, -0.15) is 0 Å². The zero-order chi connectivity index (χ0) is 25.4. The Balaban J connectivity index is 1.78.